The molecular weight excluding hydrogens is 206 g/mol. The largest absolute Gasteiger partial charge is 0.453 e. The van der Waals surface area contributed by atoms with Crippen LogP contribution in [0.25, 0.3) is 0 Å². The fourth-order valence-corrected chi connectivity index (χ4v) is 2.57. The molecule has 0 aromatic heterocycles. The van der Waals surface area contributed by atoms with Crippen molar-refractivity contribution in [3.05, 3.63) is 0 Å². The van der Waals surface area contributed by atoms with Gasteiger partial charge in [-0.3, -0.25) is 4.90 Å². The molecule has 2 rings (SSSR count). The number of methoxy groups -OCH3 is 1. The maximum Gasteiger partial charge on any atom is 0.407 e. The van der Waals surface area contributed by atoms with Crippen molar-refractivity contribution in [1.29, 1.82) is 0 Å². The Kier molecular flexibility index (Phi) is 4.01. The predicted molar refractivity (Wildman–Crippen MR) is 61.4 cm³/mol. The van der Waals surface area contributed by atoms with Crippen LogP contribution < -0.4 is 10.6 Å². The summed E-state index contributed by atoms with van der Waals surface area (Å²) in [5.41, 5.74) is 0. The molecule has 0 saturated carbocycles. The Balaban J connectivity index is 1.68. The third kappa shape index (κ3) is 3.09. The van der Waals surface area contributed by atoms with E-state index in [1.54, 1.807) is 0 Å². The Morgan fingerprint density at radius 3 is 3.12 bits per heavy atom. The van der Waals surface area contributed by atoms with Crippen molar-refractivity contribution in [1.82, 2.24) is 15.5 Å². The van der Waals surface area contributed by atoms with E-state index in [4.69, 9.17) is 0 Å². The standard InChI is InChI=1S/C11H21N3O2/c1-16-11(15)13-10-4-6-14(8-10)7-9-3-2-5-12-9/h9-10,12H,2-8H2,1H3,(H,13,15)/t9-,10?/m1/s1. The molecule has 0 aromatic rings. The van der Waals surface area contributed by atoms with Gasteiger partial charge in [-0.25, -0.2) is 4.79 Å². The van der Waals surface area contributed by atoms with Crippen LogP contribution in [-0.2, 0) is 4.74 Å². The van der Waals surface area contributed by atoms with Gasteiger partial charge in [-0.1, -0.05) is 0 Å². The van der Waals surface area contributed by atoms with Gasteiger partial charge in [0.25, 0.3) is 0 Å². The highest BCUT2D eigenvalue weighted by atomic mass is 16.5. The molecule has 2 heterocycles. The third-order valence-electron chi connectivity index (χ3n) is 3.42. The Hall–Kier alpha value is -0.810. The second kappa shape index (κ2) is 5.50. The topological polar surface area (TPSA) is 53.6 Å². The number of nitrogens with zero attached hydrogens (tertiary/aromatic N) is 1. The number of carbonyl (C=O) groups is 1. The van der Waals surface area contributed by atoms with Crippen LogP contribution in [0.3, 0.4) is 0 Å². The summed E-state index contributed by atoms with van der Waals surface area (Å²) in [6.45, 7) is 4.29. The lowest BCUT2D eigenvalue weighted by molar-refractivity contribution is 0.166. The van der Waals surface area contributed by atoms with Crippen LogP contribution in [-0.4, -0.2) is 56.4 Å². The van der Waals surface area contributed by atoms with Crippen LogP contribution in [0.1, 0.15) is 19.3 Å². The maximum absolute atomic E-state index is 11.1. The number of rotatable bonds is 3. The number of likely N-dealkylation sites (tertiary alicyclic amines) is 1. The lowest BCUT2D eigenvalue weighted by Crippen LogP contribution is -2.40. The van der Waals surface area contributed by atoms with E-state index in [1.165, 1.54) is 20.0 Å². The fourth-order valence-electron chi connectivity index (χ4n) is 2.57. The molecule has 2 fully saturated rings. The minimum Gasteiger partial charge on any atom is -0.453 e. The summed E-state index contributed by atoms with van der Waals surface area (Å²) in [7, 11) is 1.41. The molecule has 1 unspecified atom stereocenters. The zero-order valence-corrected chi connectivity index (χ0v) is 9.87. The molecule has 2 atom stereocenters. The van der Waals surface area contributed by atoms with E-state index in [1.807, 2.05) is 0 Å². The molecule has 5 heteroatoms. The van der Waals surface area contributed by atoms with Crippen molar-refractivity contribution in [2.24, 2.45) is 0 Å². The highest BCUT2D eigenvalue weighted by molar-refractivity contribution is 5.67. The van der Waals surface area contributed by atoms with Crippen LogP contribution in [0.4, 0.5) is 4.79 Å². The van der Waals surface area contributed by atoms with Gasteiger partial charge in [-0.2, -0.15) is 0 Å². The number of alkyl carbamates (subject to hydrolysis) is 1. The number of nitrogens with one attached hydrogen (secondary N) is 2. The van der Waals surface area contributed by atoms with E-state index in [9.17, 15) is 4.79 Å². The molecule has 2 N–H and O–H groups in total. The first kappa shape index (κ1) is 11.7. The molecule has 0 bridgehead atoms. The predicted octanol–water partition coefficient (Wildman–Crippen LogP) is 0.169. The van der Waals surface area contributed by atoms with Crippen LogP contribution in [0.15, 0.2) is 0 Å². The highest BCUT2D eigenvalue weighted by Crippen LogP contribution is 2.13. The summed E-state index contributed by atoms with van der Waals surface area (Å²) in [6.07, 6.45) is 3.29. The van der Waals surface area contributed by atoms with Crippen molar-refractivity contribution in [3.8, 4) is 0 Å². The first-order valence-electron chi connectivity index (χ1n) is 6.08. The molecular formula is C11H21N3O2. The SMILES string of the molecule is COC(=O)NC1CCN(C[C@H]2CCCN2)C1. The number of ether oxygens (including phenoxy) is 1. The highest BCUT2D eigenvalue weighted by Gasteiger charge is 2.26. The molecule has 0 radical (unpaired) electrons. The van der Waals surface area contributed by atoms with E-state index in [-0.39, 0.29) is 12.1 Å². The van der Waals surface area contributed by atoms with E-state index >= 15 is 0 Å². The Bertz CT molecular complexity index is 241. The lowest BCUT2D eigenvalue weighted by atomic mass is 10.2. The third-order valence-corrected chi connectivity index (χ3v) is 3.42. The molecule has 0 aliphatic carbocycles. The molecule has 2 aliphatic rings. The zero-order valence-electron chi connectivity index (χ0n) is 9.87. The first-order valence-corrected chi connectivity index (χ1v) is 6.08. The van der Waals surface area contributed by atoms with Gasteiger partial charge in [-0.05, 0) is 25.8 Å². The molecule has 92 valence electrons. The zero-order chi connectivity index (χ0) is 11.4. The quantitative estimate of drug-likeness (QED) is 0.721. The molecule has 0 aromatic carbocycles. The van der Waals surface area contributed by atoms with Gasteiger partial charge < -0.3 is 15.4 Å². The lowest BCUT2D eigenvalue weighted by Gasteiger charge is -2.20. The van der Waals surface area contributed by atoms with Gasteiger partial charge in [0, 0.05) is 31.7 Å². The normalized spacial score (nSPS) is 30.6. The second-order valence-electron chi connectivity index (χ2n) is 4.67. The molecule has 2 aliphatic heterocycles. The van der Waals surface area contributed by atoms with E-state index in [2.05, 4.69) is 20.3 Å². The van der Waals surface area contributed by atoms with Crippen LogP contribution in [0.2, 0.25) is 0 Å². The summed E-state index contributed by atoms with van der Waals surface area (Å²) in [5, 5.41) is 6.36. The minimum absolute atomic E-state index is 0.258. The van der Waals surface area contributed by atoms with Gasteiger partial charge in [0.05, 0.1) is 7.11 Å². The Labute approximate surface area is 96.5 Å². The first-order chi connectivity index (χ1) is 7.78. The van der Waals surface area contributed by atoms with Gasteiger partial charge >= 0.3 is 6.09 Å². The molecule has 2 saturated heterocycles. The maximum atomic E-state index is 11.1. The van der Waals surface area contributed by atoms with Gasteiger partial charge in [0.1, 0.15) is 0 Å². The smallest absolute Gasteiger partial charge is 0.407 e. The van der Waals surface area contributed by atoms with Crippen LogP contribution in [0.5, 0.6) is 0 Å². The molecule has 16 heavy (non-hydrogen) atoms. The van der Waals surface area contributed by atoms with Gasteiger partial charge in [0.2, 0.25) is 0 Å². The summed E-state index contributed by atoms with van der Waals surface area (Å²) < 4.78 is 4.60. The Morgan fingerprint density at radius 2 is 2.44 bits per heavy atom. The van der Waals surface area contributed by atoms with Crippen LogP contribution >= 0.6 is 0 Å². The molecule has 5 nitrogen and oxygen atoms in total. The average Bonchev–Trinajstić information content (AvgIpc) is 2.91. The van der Waals surface area contributed by atoms with E-state index in [0.717, 1.165) is 32.6 Å². The average molecular weight is 227 g/mol. The monoisotopic (exact) mass is 227 g/mol. The Morgan fingerprint density at radius 1 is 1.56 bits per heavy atom. The fraction of sp³-hybridized carbons (Fsp3) is 0.909. The van der Waals surface area contributed by atoms with Crippen molar-refractivity contribution in [2.45, 2.75) is 31.3 Å². The molecule has 0 spiro atoms. The summed E-state index contributed by atoms with van der Waals surface area (Å²) in [4.78, 5) is 13.5. The van der Waals surface area contributed by atoms with E-state index in [0.29, 0.717) is 6.04 Å². The van der Waals surface area contributed by atoms with E-state index < -0.39 is 0 Å². The number of amides is 1. The number of carbonyl (C=O) groups excluding carboxylic acids is 1. The second-order valence-corrected chi connectivity index (χ2v) is 4.67. The number of hydrogen-bond acceptors (Lipinski definition) is 4. The van der Waals surface area contributed by atoms with Crippen molar-refractivity contribution in [2.75, 3.05) is 33.3 Å². The summed E-state index contributed by atoms with van der Waals surface area (Å²) >= 11 is 0. The molecule has 1 amide bonds. The van der Waals surface area contributed by atoms with Crippen molar-refractivity contribution in [3.63, 3.8) is 0 Å². The van der Waals surface area contributed by atoms with Gasteiger partial charge in [0.15, 0.2) is 0 Å². The summed E-state index contributed by atoms with van der Waals surface area (Å²) in [6, 6.07) is 0.908. The van der Waals surface area contributed by atoms with Crippen molar-refractivity contribution >= 4 is 6.09 Å². The number of hydrogen-bond donors (Lipinski definition) is 2. The summed E-state index contributed by atoms with van der Waals surface area (Å²) in [5.74, 6) is 0. The van der Waals surface area contributed by atoms with Crippen molar-refractivity contribution < 1.29 is 9.53 Å². The van der Waals surface area contributed by atoms with Crippen LogP contribution in [0, 0.1) is 0 Å². The van der Waals surface area contributed by atoms with Gasteiger partial charge in [-0.15, -0.1) is 0 Å². The minimum atomic E-state index is -0.314.